The molecule has 0 amide bonds. The first kappa shape index (κ1) is 40.7. The maximum atomic E-state index is 8.85. The highest BCUT2D eigenvalue weighted by atomic mass is 31.0. The Morgan fingerprint density at radius 1 is 0.978 bits per heavy atom. The average molecular weight is 637 g/mol. The molecule has 0 fully saturated rings. The second-order valence-corrected chi connectivity index (χ2v) is 13.9. The molecule has 1 N–H and O–H groups in total. The molecule has 3 nitrogen and oxygen atoms in total. The van der Waals surface area contributed by atoms with Gasteiger partial charge in [-0.2, -0.15) is 0 Å². The molecule has 0 heterocycles. The molecule has 4 unspecified atom stereocenters. The molecule has 0 aromatic heterocycles. The zero-order chi connectivity index (χ0) is 33.9. The van der Waals surface area contributed by atoms with Crippen LogP contribution < -0.4 is 4.74 Å². The molecule has 1 aliphatic rings. The molecule has 2 aromatic carbocycles. The van der Waals surface area contributed by atoms with E-state index in [0.29, 0.717) is 11.7 Å². The molecule has 4 heteroatoms. The van der Waals surface area contributed by atoms with Crippen LogP contribution in [-0.2, 0) is 10.9 Å². The minimum absolute atomic E-state index is 0.197. The number of aromatic hydroxyl groups is 1. The fourth-order valence-corrected chi connectivity index (χ4v) is 5.91. The third kappa shape index (κ3) is 14.7. The predicted molar refractivity (Wildman–Crippen MR) is 200 cm³/mol. The van der Waals surface area contributed by atoms with Crippen molar-refractivity contribution >= 4 is 9.24 Å². The molecule has 252 valence electrons. The molecule has 0 saturated carbocycles. The molecule has 2 aromatic rings. The van der Waals surface area contributed by atoms with Crippen LogP contribution in [-0.4, -0.2) is 18.0 Å². The van der Waals surface area contributed by atoms with Gasteiger partial charge in [-0.25, -0.2) is 0 Å². The quantitative estimate of drug-likeness (QED) is 0.176. The first-order chi connectivity index (χ1) is 21.4. The van der Waals surface area contributed by atoms with E-state index >= 15 is 0 Å². The molecular weight excluding hydrogens is 571 g/mol. The Labute approximate surface area is 279 Å². The fourth-order valence-electron chi connectivity index (χ4n) is 5.64. The number of rotatable bonds is 13. The molecule has 45 heavy (non-hydrogen) atoms. The van der Waals surface area contributed by atoms with Crippen molar-refractivity contribution in [2.24, 2.45) is 10.8 Å². The lowest BCUT2D eigenvalue weighted by molar-refractivity contribution is -0.108. The third-order valence-electron chi connectivity index (χ3n) is 8.52. The molecule has 1 aliphatic carbocycles. The summed E-state index contributed by atoms with van der Waals surface area (Å²) >= 11 is 0. The standard InChI is InChI=1S/C31H48O2.C7H9OP.C3H8/c1-9-13-27-18-20-31(19-10-2,22-25(27)12-4)23-29(32-21-11-3)33-28-16-14-26(15-17-28)24(5)30(6,7)8;8-7-3-1-6(5-9)2-4-7;1-3-2/h9,12-17,24,29H,4,10-11,18-23H2,1-3,5-8H3;1-4,8H,5,9H2;3H2,1-2H3/b13-9-;;. The molecule has 0 spiro atoms. The number of hydrogen-bond acceptors (Lipinski definition) is 3. The van der Waals surface area contributed by atoms with Gasteiger partial charge in [0.1, 0.15) is 11.5 Å². The number of phenolic OH excluding ortho intramolecular Hbond substituents is 1. The van der Waals surface area contributed by atoms with Crippen molar-refractivity contribution in [1.29, 1.82) is 0 Å². The molecule has 0 bridgehead atoms. The summed E-state index contributed by atoms with van der Waals surface area (Å²) in [5.74, 6) is 1.72. The molecular formula is C41H65O3P. The van der Waals surface area contributed by atoms with Crippen molar-refractivity contribution < 1.29 is 14.6 Å². The van der Waals surface area contributed by atoms with Crippen molar-refractivity contribution in [1.82, 2.24) is 0 Å². The van der Waals surface area contributed by atoms with Crippen molar-refractivity contribution in [3.63, 3.8) is 0 Å². The Morgan fingerprint density at radius 3 is 2.09 bits per heavy atom. The summed E-state index contributed by atoms with van der Waals surface area (Å²) in [6, 6.07) is 15.9. The van der Waals surface area contributed by atoms with E-state index in [1.54, 1.807) is 12.1 Å². The van der Waals surface area contributed by atoms with Crippen LogP contribution in [0.3, 0.4) is 0 Å². The molecule has 0 saturated heterocycles. The van der Waals surface area contributed by atoms with E-state index in [0.717, 1.165) is 44.2 Å². The number of benzene rings is 2. The van der Waals surface area contributed by atoms with Gasteiger partial charge in [0.2, 0.25) is 0 Å². The topological polar surface area (TPSA) is 38.7 Å². The van der Waals surface area contributed by atoms with Crippen molar-refractivity contribution in [2.75, 3.05) is 6.61 Å². The zero-order valence-corrected chi connectivity index (χ0v) is 31.3. The van der Waals surface area contributed by atoms with Gasteiger partial charge in [0, 0.05) is 6.42 Å². The normalized spacial score (nSPS) is 17.9. The highest BCUT2D eigenvalue weighted by molar-refractivity contribution is 7.15. The summed E-state index contributed by atoms with van der Waals surface area (Å²) in [6.45, 7) is 24.8. The summed E-state index contributed by atoms with van der Waals surface area (Å²) in [5, 5.41) is 8.85. The predicted octanol–water partition coefficient (Wildman–Crippen LogP) is 12.6. The second-order valence-electron chi connectivity index (χ2n) is 13.5. The zero-order valence-electron chi connectivity index (χ0n) is 30.1. The van der Waals surface area contributed by atoms with Gasteiger partial charge in [0.25, 0.3) is 0 Å². The molecule has 0 aliphatic heterocycles. The number of allylic oxidation sites excluding steroid dienone is 5. The maximum absolute atomic E-state index is 8.85. The molecule has 0 radical (unpaired) electrons. The minimum Gasteiger partial charge on any atom is -0.508 e. The number of ether oxygens (including phenoxy) is 2. The van der Waals surface area contributed by atoms with Gasteiger partial charge in [-0.05, 0) is 108 Å². The smallest absolute Gasteiger partial charge is 0.200 e. The summed E-state index contributed by atoms with van der Waals surface area (Å²) in [5.41, 5.74) is 5.84. The fraction of sp³-hybridized carbons (Fsp3) is 0.561. The number of hydrogen-bond donors (Lipinski definition) is 1. The van der Waals surface area contributed by atoms with Crippen LogP contribution in [0.25, 0.3) is 0 Å². The van der Waals surface area contributed by atoms with E-state index in [1.807, 2.05) is 12.1 Å². The van der Waals surface area contributed by atoms with Crippen LogP contribution in [0.15, 0.2) is 84.5 Å². The second kappa shape index (κ2) is 21.4. The molecule has 3 rings (SSSR count). The van der Waals surface area contributed by atoms with Gasteiger partial charge in [0.05, 0.1) is 6.61 Å². The van der Waals surface area contributed by atoms with Gasteiger partial charge < -0.3 is 14.6 Å². The van der Waals surface area contributed by atoms with Gasteiger partial charge >= 0.3 is 0 Å². The van der Waals surface area contributed by atoms with Gasteiger partial charge in [-0.3, -0.25) is 0 Å². The van der Waals surface area contributed by atoms with Gasteiger partial charge in [-0.15, -0.1) is 9.24 Å². The largest absolute Gasteiger partial charge is 0.508 e. The Balaban J connectivity index is 0.000000704. The molecule has 4 atom stereocenters. The lowest BCUT2D eigenvalue weighted by atomic mass is 9.67. The van der Waals surface area contributed by atoms with Crippen LogP contribution in [0.2, 0.25) is 0 Å². The van der Waals surface area contributed by atoms with E-state index in [1.165, 1.54) is 48.0 Å². The Hall–Kier alpha value is -2.35. The first-order valence-corrected chi connectivity index (χ1v) is 18.1. The lowest BCUT2D eigenvalue weighted by Gasteiger charge is -2.40. The SMILES string of the molecule is C=CC1=C(/C=C\C)CCC(CCC)(CC(OCCC)Oc2ccc(C(C)C(C)(C)C)cc2)C1.CCC.Oc1ccc(CP)cc1. The van der Waals surface area contributed by atoms with Gasteiger partial charge in [0.15, 0.2) is 6.29 Å². The highest BCUT2D eigenvalue weighted by Gasteiger charge is 2.37. The van der Waals surface area contributed by atoms with E-state index in [4.69, 9.17) is 14.6 Å². The van der Waals surface area contributed by atoms with Crippen LogP contribution >= 0.6 is 9.24 Å². The Kier molecular flexibility index (Phi) is 19.4. The maximum Gasteiger partial charge on any atom is 0.200 e. The van der Waals surface area contributed by atoms with E-state index in [2.05, 4.69) is 121 Å². The summed E-state index contributed by atoms with van der Waals surface area (Å²) in [4.78, 5) is 0. The first-order valence-electron chi connectivity index (χ1n) is 17.3. The van der Waals surface area contributed by atoms with E-state index in [-0.39, 0.29) is 17.1 Å². The third-order valence-corrected chi connectivity index (χ3v) is 8.99. The summed E-state index contributed by atoms with van der Waals surface area (Å²) in [7, 11) is 2.63. The van der Waals surface area contributed by atoms with Crippen molar-refractivity contribution in [2.45, 2.75) is 132 Å². The van der Waals surface area contributed by atoms with Crippen molar-refractivity contribution in [3.05, 3.63) is 95.6 Å². The van der Waals surface area contributed by atoms with Crippen LogP contribution in [0.1, 0.15) is 131 Å². The summed E-state index contributed by atoms with van der Waals surface area (Å²) < 4.78 is 12.7. The van der Waals surface area contributed by atoms with Crippen molar-refractivity contribution in [3.8, 4) is 11.5 Å². The monoisotopic (exact) mass is 636 g/mol. The Bertz CT molecular complexity index is 1140. The van der Waals surface area contributed by atoms with Crippen LogP contribution in [0, 0.1) is 10.8 Å². The average Bonchev–Trinajstić information content (AvgIpc) is 3.01. The van der Waals surface area contributed by atoms with E-state index < -0.39 is 0 Å². The van der Waals surface area contributed by atoms with Gasteiger partial charge in [-0.1, -0.05) is 117 Å². The lowest BCUT2D eigenvalue weighted by Crippen LogP contribution is -2.34. The minimum atomic E-state index is -0.225. The van der Waals surface area contributed by atoms with Crippen LogP contribution in [0.5, 0.6) is 11.5 Å². The Morgan fingerprint density at radius 2 is 1.60 bits per heavy atom. The van der Waals surface area contributed by atoms with Crippen LogP contribution in [0.4, 0.5) is 0 Å². The van der Waals surface area contributed by atoms with E-state index in [9.17, 15) is 0 Å². The summed E-state index contributed by atoms with van der Waals surface area (Å²) in [6.07, 6.45) is 16.0. The highest BCUT2D eigenvalue weighted by Crippen LogP contribution is 2.47. The number of phenols is 1.